The number of carbonyl (C=O) groups is 2. The molecule has 120 valence electrons. The van der Waals surface area contributed by atoms with E-state index in [1.807, 2.05) is 0 Å². The molecule has 0 aromatic carbocycles. The number of urea groups is 1. The molecule has 0 radical (unpaired) electrons. The Morgan fingerprint density at radius 1 is 1.38 bits per heavy atom. The number of nitrogens with zero attached hydrogens (tertiary/aromatic N) is 3. The van der Waals surface area contributed by atoms with E-state index in [0.29, 0.717) is 0 Å². The average Bonchev–Trinajstić information content (AvgIpc) is 2.65. The average molecular weight is 337 g/mol. The highest BCUT2D eigenvalue weighted by Gasteiger charge is 2.23. The van der Waals surface area contributed by atoms with Crippen LogP contribution < -0.4 is 5.43 Å². The fourth-order valence-corrected chi connectivity index (χ4v) is 3.93. The second-order valence-electron chi connectivity index (χ2n) is 4.48. The third-order valence-corrected chi connectivity index (χ3v) is 5.67. The summed E-state index contributed by atoms with van der Waals surface area (Å²) in [4.78, 5) is 28.8. The summed E-state index contributed by atoms with van der Waals surface area (Å²) in [5, 5.41) is 0.639. The monoisotopic (exact) mass is 337 g/mol. The molecule has 0 unspecified atom stereocenters. The van der Waals surface area contributed by atoms with E-state index in [2.05, 4.69) is 10.4 Å². The van der Waals surface area contributed by atoms with Gasteiger partial charge in [-0.25, -0.2) is 33.4 Å². The lowest BCUT2D eigenvalue weighted by atomic mass is 10.5. The van der Waals surface area contributed by atoms with Gasteiger partial charge >= 0.3 is 12.1 Å². The number of hydrogen-bond donors (Lipinski definition) is 1. The number of nitrogens with one attached hydrogen (secondary N) is 1. The van der Waals surface area contributed by atoms with Crippen LogP contribution in [0.4, 0.5) is 9.59 Å². The molecule has 1 heterocycles. The molecular weight excluding hydrogens is 320 g/mol. The zero-order valence-corrected chi connectivity index (χ0v) is 13.9. The Bertz CT molecular complexity index is 678. The predicted octanol–water partition coefficient (Wildman–Crippen LogP) is -0.0486. The zero-order valence-electron chi connectivity index (χ0n) is 12.3. The van der Waals surface area contributed by atoms with Crippen LogP contribution in [0.1, 0.15) is 20.8 Å². The number of carbonyl (C=O) groups excluding carboxylic acids is 2. The van der Waals surface area contributed by atoms with Gasteiger partial charge in [-0.3, -0.25) is 9.04 Å². The number of amides is 3. The van der Waals surface area contributed by atoms with Crippen molar-refractivity contribution in [1.82, 2.24) is 15.3 Å². The van der Waals surface area contributed by atoms with E-state index in [1.165, 1.54) is 25.9 Å². The van der Waals surface area contributed by atoms with Gasteiger partial charge in [-0.2, -0.15) is 0 Å². The minimum atomic E-state index is -2.55. The van der Waals surface area contributed by atoms with Crippen molar-refractivity contribution in [2.45, 2.75) is 26.9 Å². The molecule has 21 heavy (non-hydrogen) atoms. The molecule has 0 bridgehead atoms. The molecule has 0 aromatic heterocycles. The largest absolute Gasteiger partial charge is 0.446 e. The molecule has 0 saturated heterocycles. The minimum absolute atomic E-state index is 0.204. The molecule has 1 aliphatic rings. The van der Waals surface area contributed by atoms with E-state index < -0.39 is 36.5 Å². The lowest BCUT2D eigenvalue weighted by Gasteiger charge is -2.22. The van der Waals surface area contributed by atoms with Gasteiger partial charge in [-0.15, -0.1) is 0 Å². The zero-order chi connectivity index (χ0) is 16.3. The maximum atomic E-state index is 12.0. The predicted molar refractivity (Wildman–Crippen MR) is 80.1 cm³/mol. The molecule has 1 aliphatic heterocycles. The van der Waals surface area contributed by atoms with Crippen LogP contribution in [0, 0.1) is 0 Å². The Kier molecular flexibility index (Phi) is 5.75. The molecule has 0 aliphatic carbocycles. The van der Waals surface area contributed by atoms with Crippen LogP contribution in [0.25, 0.3) is 0 Å². The van der Waals surface area contributed by atoms with Gasteiger partial charge in [0.05, 0.1) is 20.5 Å². The molecular formula is C10H17N4O5S2-. The van der Waals surface area contributed by atoms with Crippen molar-refractivity contribution < 1.29 is 22.7 Å². The first-order chi connectivity index (χ1) is 9.65. The number of hydrazine groups is 1. The van der Waals surface area contributed by atoms with Gasteiger partial charge in [-0.05, 0) is 13.8 Å². The molecule has 0 spiro atoms. The van der Waals surface area contributed by atoms with E-state index >= 15 is 0 Å². The van der Waals surface area contributed by atoms with Crippen LogP contribution in [-0.2, 0) is 23.0 Å². The summed E-state index contributed by atoms with van der Waals surface area (Å²) < 4.78 is 27.7. The highest BCUT2D eigenvalue weighted by Crippen LogP contribution is 2.06. The SMILES string of the molecule is CC1=[S-](=S(=O)=O)C(=NC(=O)N(C)C)N(C(=O)OC(C)C)N1. The van der Waals surface area contributed by atoms with Gasteiger partial charge in [-0.1, -0.05) is 11.9 Å². The quantitative estimate of drug-likeness (QED) is 0.531. The summed E-state index contributed by atoms with van der Waals surface area (Å²) in [6, 6.07) is -0.674. The van der Waals surface area contributed by atoms with Gasteiger partial charge in [0.2, 0.25) is 0 Å². The summed E-state index contributed by atoms with van der Waals surface area (Å²) in [6.45, 7) is 4.80. The maximum Gasteiger partial charge on any atom is 0.428 e. The summed E-state index contributed by atoms with van der Waals surface area (Å²) in [6.07, 6.45) is -1.22. The first-order valence-electron chi connectivity index (χ1n) is 5.90. The summed E-state index contributed by atoms with van der Waals surface area (Å²) in [5.41, 5.74) is 2.58. The number of hydrogen-bond acceptors (Lipinski definition) is 7. The summed E-state index contributed by atoms with van der Waals surface area (Å²) in [5.74, 6) is 0. The van der Waals surface area contributed by atoms with E-state index in [1.54, 1.807) is 13.8 Å². The van der Waals surface area contributed by atoms with Crippen molar-refractivity contribution in [2.75, 3.05) is 14.1 Å². The van der Waals surface area contributed by atoms with Crippen LogP contribution >= 0.6 is 0 Å². The molecule has 1 N–H and O–H groups in total. The summed E-state index contributed by atoms with van der Waals surface area (Å²) >= 11 is 0. The third kappa shape index (κ3) is 4.19. The smallest absolute Gasteiger partial charge is 0.428 e. The van der Waals surface area contributed by atoms with Gasteiger partial charge in [0.1, 0.15) is 0 Å². The highest BCUT2D eigenvalue weighted by molar-refractivity contribution is 8.40. The van der Waals surface area contributed by atoms with Crippen molar-refractivity contribution in [3.63, 3.8) is 0 Å². The van der Waals surface area contributed by atoms with Crippen LogP contribution in [0.3, 0.4) is 0 Å². The third-order valence-electron chi connectivity index (χ3n) is 2.13. The topological polar surface area (TPSA) is 108 Å². The first kappa shape index (κ1) is 17.5. The molecule has 0 atom stereocenters. The van der Waals surface area contributed by atoms with E-state index in [4.69, 9.17) is 4.74 Å². The first-order valence-corrected chi connectivity index (χ1v) is 8.71. The second kappa shape index (κ2) is 6.91. The number of aliphatic imine (C=N–C) groups is 1. The van der Waals surface area contributed by atoms with Crippen molar-refractivity contribution in [1.29, 1.82) is 0 Å². The summed E-state index contributed by atoms with van der Waals surface area (Å²) in [7, 11) is -1.13. The van der Waals surface area contributed by atoms with E-state index in [-0.39, 0.29) is 10.2 Å². The van der Waals surface area contributed by atoms with E-state index in [0.717, 1.165) is 5.01 Å². The standard InChI is InChI=1S/C10H17N4O5S2/c1-6(2)19-10(16)14-9(11-8(15)13(4)5)20(21(17)18)7(3)12-14/h6,12H,1-5H3/q-1. The molecule has 0 saturated carbocycles. The van der Waals surface area contributed by atoms with Gasteiger partial charge in [0.15, 0.2) is 0 Å². The molecule has 3 amide bonds. The van der Waals surface area contributed by atoms with Crippen molar-refractivity contribution in [3.05, 3.63) is 0 Å². The maximum absolute atomic E-state index is 12.0. The van der Waals surface area contributed by atoms with Crippen molar-refractivity contribution >= 4 is 40.6 Å². The lowest BCUT2D eigenvalue weighted by molar-refractivity contribution is 0.0902. The van der Waals surface area contributed by atoms with Crippen LogP contribution in [0.2, 0.25) is 0 Å². The molecule has 11 heteroatoms. The van der Waals surface area contributed by atoms with Gasteiger partial charge in [0.25, 0.3) is 0 Å². The van der Waals surface area contributed by atoms with Crippen molar-refractivity contribution in [2.24, 2.45) is 4.99 Å². The Morgan fingerprint density at radius 3 is 2.38 bits per heavy atom. The Balaban J connectivity index is 3.35. The Morgan fingerprint density at radius 2 is 1.95 bits per heavy atom. The fourth-order valence-electron chi connectivity index (χ4n) is 1.28. The fraction of sp³-hybridized carbons (Fsp3) is 0.600. The van der Waals surface area contributed by atoms with Gasteiger partial charge < -0.3 is 9.64 Å². The minimum Gasteiger partial charge on any atom is -0.446 e. The van der Waals surface area contributed by atoms with Crippen LogP contribution in [0.5, 0.6) is 0 Å². The second-order valence-corrected chi connectivity index (χ2v) is 8.22. The number of rotatable bonds is 1. The Hall–Kier alpha value is -1.59. The number of ether oxygens (including phenoxy) is 1. The van der Waals surface area contributed by atoms with Gasteiger partial charge in [0, 0.05) is 14.1 Å². The molecule has 0 aromatic rings. The Labute approximate surface area is 125 Å². The normalized spacial score (nSPS) is 17.5. The lowest BCUT2D eigenvalue weighted by Crippen LogP contribution is -2.44. The molecule has 0 fully saturated rings. The molecule has 1 rings (SSSR count). The molecule has 9 nitrogen and oxygen atoms in total. The van der Waals surface area contributed by atoms with Crippen molar-refractivity contribution in [3.8, 4) is 0 Å². The highest BCUT2D eigenvalue weighted by atomic mass is 32.8. The van der Waals surface area contributed by atoms with E-state index in [9.17, 15) is 18.0 Å². The van der Waals surface area contributed by atoms with Crippen LogP contribution in [-0.4, -0.2) is 60.8 Å². The number of amidine groups is 1. The van der Waals surface area contributed by atoms with Crippen LogP contribution in [0.15, 0.2) is 4.99 Å².